The lowest BCUT2D eigenvalue weighted by atomic mass is 10.1. The van der Waals surface area contributed by atoms with E-state index in [0.717, 1.165) is 5.56 Å². The quantitative estimate of drug-likeness (QED) is 0.453. The number of carbonyl (C=O) groups excluding carboxylic acids is 2. The molecule has 4 aromatic rings. The Morgan fingerprint density at radius 3 is 2.40 bits per heavy atom. The molecule has 1 aromatic heterocycles. The van der Waals surface area contributed by atoms with E-state index < -0.39 is 11.7 Å². The summed E-state index contributed by atoms with van der Waals surface area (Å²) in [5.74, 6) is -0.782. The molecule has 5 nitrogen and oxygen atoms in total. The monoisotopic (exact) mass is 403 g/mol. The molecule has 0 unspecified atom stereocenters. The lowest BCUT2D eigenvalue weighted by Gasteiger charge is -2.08. The van der Waals surface area contributed by atoms with Crippen LogP contribution in [0.4, 0.5) is 10.1 Å². The van der Waals surface area contributed by atoms with E-state index in [1.165, 1.54) is 24.3 Å². The second-order valence-electron chi connectivity index (χ2n) is 6.79. The third-order valence-corrected chi connectivity index (χ3v) is 4.56. The molecule has 1 heterocycles. The number of hydrogen-bond acceptors (Lipinski definition) is 4. The fraction of sp³-hybridized carbons (Fsp3) is 0.0833. The van der Waals surface area contributed by atoms with Crippen LogP contribution in [0.3, 0.4) is 0 Å². The number of anilines is 1. The fourth-order valence-corrected chi connectivity index (χ4v) is 3.02. The molecule has 0 aliphatic carbocycles. The predicted molar refractivity (Wildman–Crippen MR) is 111 cm³/mol. The van der Waals surface area contributed by atoms with Crippen LogP contribution in [0, 0.1) is 12.7 Å². The molecule has 0 fully saturated rings. The summed E-state index contributed by atoms with van der Waals surface area (Å²) in [6, 6.07) is 19.5. The minimum absolute atomic E-state index is 0.0511. The van der Waals surface area contributed by atoms with Crippen LogP contribution in [0.1, 0.15) is 21.7 Å². The van der Waals surface area contributed by atoms with Gasteiger partial charge in [-0.1, -0.05) is 42.0 Å². The predicted octanol–water partition coefficient (Wildman–Crippen LogP) is 5.13. The number of furan rings is 1. The molecule has 0 atom stereocenters. The van der Waals surface area contributed by atoms with Crippen molar-refractivity contribution >= 4 is 28.3 Å². The van der Waals surface area contributed by atoms with Crippen LogP contribution in [0.5, 0.6) is 5.75 Å². The molecule has 0 spiro atoms. The summed E-state index contributed by atoms with van der Waals surface area (Å²) in [4.78, 5) is 25.5. The van der Waals surface area contributed by atoms with Crippen molar-refractivity contribution < 1.29 is 23.1 Å². The lowest BCUT2D eigenvalue weighted by Crippen LogP contribution is -2.21. The molecule has 1 amide bonds. The molecule has 0 saturated heterocycles. The number of amides is 1. The summed E-state index contributed by atoms with van der Waals surface area (Å²) in [5.41, 5.74) is 2.27. The van der Waals surface area contributed by atoms with E-state index in [2.05, 4.69) is 5.32 Å². The molecule has 150 valence electrons. The summed E-state index contributed by atoms with van der Waals surface area (Å²) in [5, 5.41) is 3.34. The van der Waals surface area contributed by atoms with Gasteiger partial charge in [-0.3, -0.25) is 9.59 Å². The Labute approximate surface area is 172 Å². The first-order valence-electron chi connectivity index (χ1n) is 9.32. The Bertz CT molecular complexity index is 1210. The number of fused-ring (bicyclic) bond motifs is 1. The van der Waals surface area contributed by atoms with E-state index in [1.54, 1.807) is 36.4 Å². The van der Waals surface area contributed by atoms with E-state index in [9.17, 15) is 14.0 Å². The number of benzene rings is 3. The number of nitrogens with one attached hydrogen (secondary N) is 1. The summed E-state index contributed by atoms with van der Waals surface area (Å²) in [6.45, 7) is 1.63. The maximum atomic E-state index is 13.0. The lowest BCUT2D eigenvalue weighted by molar-refractivity contribution is -0.118. The van der Waals surface area contributed by atoms with Crippen LogP contribution >= 0.6 is 0 Å². The fourth-order valence-electron chi connectivity index (χ4n) is 3.02. The average Bonchev–Trinajstić information content (AvgIpc) is 3.12. The maximum Gasteiger partial charge on any atom is 0.262 e. The second-order valence-corrected chi connectivity index (χ2v) is 6.79. The van der Waals surface area contributed by atoms with Crippen molar-refractivity contribution in [2.75, 3.05) is 11.9 Å². The highest BCUT2D eigenvalue weighted by Gasteiger charge is 2.23. The third-order valence-electron chi connectivity index (χ3n) is 4.56. The number of aryl methyl sites for hydroxylation is 1. The van der Waals surface area contributed by atoms with Crippen molar-refractivity contribution in [3.05, 3.63) is 95.5 Å². The first-order chi connectivity index (χ1) is 14.5. The number of hydrogen-bond donors (Lipinski definition) is 1. The van der Waals surface area contributed by atoms with E-state index in [4.69, 9.17) is 9.15 Å². The van der Waals surface area contributed by atoms with Gasteiger partial charge in [0.15, 0.2) is 12.4 Å². The minimum atomic E-state index is -0.469. The van der Waals surface area contributed by atoms with Crippen LogP contribution in [-0.2, 0) is 4.79 Å². The summed E-state index contributed by atoms with van der Waals surface area (Å²) in [7, 11) is 0. The molecule has 0 radical (unpaired) electrons. The van der Waals surface area contributed by atoms with E-state index in [-0.39, 0.29) is 18.2 Å². The molecule has 0 saturated carbocycles. The van der Waals surface area contributed by atoms with Crippen LogP contribution in [-0.4, -0.2) is 18.3 Å². The molecule has 3 aromatic carbocycles. The normalized spacial score (nSPS) is 10.7. The zero-order chi connectivity index (χ0) is 21.1. The van der Waals surface area contributed by atoms with Crippen molar-refractivity contribution in [3.63, 3.8) is 0 Å². The van der Waals surface area contributed by atoms with Gasteiger partial charge in [-0.05, 0) is 43.3 Å². The zero-order valence-electron chi connectivity index (χ0n) is 16.1. The van der Waals surface area contributed by atoms with E-state index in [1.807, 2.05) is 19.1 Å². The number of ether oxygens (including phenoxy) is 1. The highest BCUT2D eigenvalue weighted by atomic mass is 19.1. The van der Waals surface area contributed by atoms with Gasteiger partial charge in [-0.25, -0.2) is 4.39 Å². The number of ketones is 1. The molecule has 0 aliphatic rings. The summed E-state index contributed by atoms with van der Waals surface area (Å²) < 4.78 is 24.2. The maximum absolute atomic E-state index is 13.0. The molecule has 4 rings (SSSR count). The van der Waals surface area contributed by atoms with Crippen LogP contribution in [0.2, 0.25) is 0 Å². The number of para-hydroxylation sites is 1. The Morgan fingerprint density at radius 1 is 0.967 bits per heavy atom. The van der Waals surface area contributed by atoms with Crippen molar-refractivity contribution in [1.29, 1.82) is 0 Å². The largest absolute Gasteiger partial charge is 0.484 e. The second kappa shape index (κ2) is 8.21. The number of halogens is 1. The van der Waals surface area contributed by atoms with Gasteiger partial charge in [0.2, 0.25) is 5.78 Å². The van der Waals surface area contributed by atoms with Crippen LogP contribution in [0.15, 0.2) is 77.2 Å². The average molecular weight is 403 g/mol. The Kier molecular flexibility index (Phi) is 5.30. The van der Waals surface area contributed by atoms with Crippen molar-refractivity contribution in [1.82, 2.24) is 0 Å². The standard InChI is InChI=1S/C24H18FNO4/c1-15-6-8-16(9-7-15)23(28)24-22(19-4-2-3-5-20(19)30-24)26-21(27)14-29-18-12-10-17(25)11-13-18/h2-13H,14H2,1H3,(H,26,27). The van der Waals surface area contributed by atoms with Crippen molar-refractivity contribution in [2.45, 2.75) is 6.92 Å². The van der Waals surface area contributed by atoms with Gasteiger partial charge >= 0.3 is 0 Å². The van der Waals surface area contributed by atoms with Crippen LogP contribution < -0.4 is 10.1 Å². The summed E-state index contributed by atoms with van der Waals surface area (Å²) >= 11 is 0. The smallest absolute Gasteiger partial charge is 0.262 e. The molecule has 1 N–H and O–H groups in total. The Balaban J connectivity index is 1.59. The molecule has 30 heavy (non-hydrogen) atoms. The molecular weight excluding hydrogens is 385 g/mol. The molecular formula is C24H18FNO4. The number of carbonyl (C=O) groups is 2. The van der Waals surface area contributed by atoms with E-state index in [0.29, 0.717) is 28.0 Å². The topological polar surface area (TPSA) is 68.5 Å². The van der Waals surface area contributed by atoms with Gasteiger partial charge in [0, 0.05) is 10.9 Å². The number of rotatable bonds is 6. The van der Waals surface area contributed by atoms with E-state index >= 15 is 0 Å². The third kappa shape index (κ3) is 4.07. The molecule has 6 heteroatoms. The summed E-state index contributed by atoms with van der Waals surface area (Å²) in [6.07, 6.45) is 0. The molecule has 0 bridgehead atoms. The van der Waals surface area contributed by atoms with Gasteiger partial charge in [-0.15, -0.1) is 0 Å². The van der Waals surface area contributed by atoms with Gasteiger partial charge < -0.3 is 14.5 Å². The Hall–Kier alpha value is -3.93. The highest BCUT2D eigenvalue weighted by molar-refractivity contribution is 6.17. The van der Waals surface area contributed by atoms with Gasteiger partial charge in [0.05, 0.1) is 5.69 Å². The minimum Gasteiger partial charge on any atom is -0.484 e. The zero-order valence-corrected chi connectivity index (χ0v) is 16.1. The SMILES string of the molecule is Cc1ccc(C(=O)c2oc3ccccc3c2NC(=O)COc2ccc(F)cc2)cc1. The van der Waals surface area contributed by atoms with Gasteiger partial charge in [0.1, 0.15) is 17.1 Å². The van der Waals surface area contributed by atoms with Crippen LogP contribution in [0.25, 0.3) is 11.0 Å². The first kappa shape index (κ1) is 19.4. The van der Waals surface area contributed by atoms with Crippen molar-refractivity contribution in [2.24, 2.45) is 0 Å². The molecule has 0 aliphatic heterocycles. The van der Waals surface area contributed by atoms with Gasteiger partial charge in [0.25, 0.3) is 5.91 Å². The van der Waals surface area contributed by atoms with Crippen molar-refractivity contribution in [3.8, 4) is 5.75 Å². The highest BCUT2D eigenvalue weighted by Crippen LogP contribution is 2.32. The Morgan fingerprint density at radius 2 is 1.67 bits per heavy atom. The van der Waals surface area contributed by atoms with Gasteiger partial charge in [-0.2, -0.15) is 0 Å². The first-order valence-corrected chi connectivity index (χ1v) is 9.32.